The van der Waals surface area contributed by atoms with Crippen LogP contribution >= 0.6 is 0 Å². The number of rotatable bonds is 3. The maximum atomic E-state index is 13.0. The van der Waals surface area contributed by atoms with Crippen LogP contribution in [0.4, 0.5) is 14.9 Å². The fourth-order valence-corrected chi connectivity index (χ4v) is 3.94. The van der Waals surface area contributed by atoms with E-state index in [4.69, 9.17) is 9.47 Å². The summed E-state index contributed by atoms with van der Waals surface area (Å²) in [5, 5.41) is 16.4. The Labute approximate surface area is 157 Å². The minimum atomic E-state index is -0.807. The van der Waals surface area contributed by atoms with Crippen molar-refractivity contribution in [3.05, 3.63) is 30.1 Å². The van der Waals surface area contributed by atoms with E-state index in [-0.39, 0.29) is 11.9 Å². The summed E-state index contributed by atoms with van der Waals surface area (Å²) in [5.41, 5.74) is 0.469. The van der Waals surface area contributed by atoms with Crippen LogP contribution < -0.4 is 10.6 Å². The van der Waals surface area contributed by atoms with Gasteiger partial charge in [-0.3, -0.25) is 4.90 Å². The summed E-state index contributed by atoms with van der Waals surface area (Å²) in [4.78, 5) is 16.8. The van der Waals surface area contributed by atoms with Gasteiger partial charge in [-0.1, -0.05) is 0 Å². The molecule has 2 bridgehead atoms. The lowest BCUT2D eigenvalue weighted by molar-refractivity contribution is -0.184. The van der Waals surface area contributed by atoms with Crippen molar-refractivity contribution in [2.24, 2.45) is 0 Å². The summed E-state index contributed by atoms with van der Waals surface area (Å²) >= 11 is 0. The SMILES string of the molecule is CN1CCN([C@@H]2[C@@H]3OC[C@H](O3)[C@@H](NC(=O)Nc3ccc(F)cc3)[C@@H]2O)CC1. The van der Waals surface area contributed by atoms with Gasteiger partial charge in [0, 0.05) is 31.9 Å². The third kappa shape index (κ3) is 3.92. The molecule has 3 saturated heterocycles. The Morgan fingerprint density at radius 2 is 1.93 bits per heavy atom. The molecule has 0 unspecified atom stereocenters. The van der Waals surface area contributed by atoms with Crippen LogP contribution in [0.2, 0.25) is 0 Å². The second-order valence-corrected chi connectivity index (χ2v) is 7.33. The number of aliphatic hydroxyl groups is 1. The van der Waals surface area contributed by atoms with Gasteiger partial charge in [-0.05, 0) is 31.3 Å². The molecule has 27 heavy (non-hydrogen) atoms. The van der Waals surface area contributed by atoms with Crippen molar-refractivity contribution in [3.63, 3.8) is 0 Å². The number of urea groups is 1. The molecule has 3 aliphatic rings. The largest absolute Gasteiger partial charge is 0.389 e. The molecular formula is C18H25FN4O4. The lowest BCUT2D eigenvalue weighted by atomic mass is 9.94. The number of aliphatic hydroxyl groups excluding tert-OH is 1. The number of carbonyl (C=O) groups excluding carboxylic acids is 1. The van der Waals surface area contributed by atoms with Crippen LogP contribution in [0.15, 0.2) is 24.3 Å². The van der Waals surface area contributed by atoms with Gasteiger partial charge >= 0.3 is 6.03 Å². The van der Waals surface area contributed by atoms with Crippen molar-refractivity contribution < 1.29 is 23.8 Å². The number of benzene rings is 1. The van der Waals surface area contributed by atoms with E-state index in [9.17, 15) is 14.3 Å². The fourth-order valence-electron chi connectivity index (χ4n) is 3.94. The average Bonchev–Trinajstić information content (AvgIpc) is 3.08. The van der Waals surface area contributed by atoms with Gasteiger partial charge in [0.05, 0.1) is 24.8 Å². The number of nitrogens with one attached hydrogen (secondary N) is 2. The molecule has 3 N–H and O–H groups in total. The van der Waals surface area contributed by atoms with E-state index in [1.807, 2.05) is 0 Å². The van der Waals surface area contributed by atoms with E-state index >= 15 is 0 Å². The topological polar surface area (TPSA) is 86.3 Å². The number of anilines is 1. The molecule has 9 heteroatoms. The molecule has 1 aromatic carbocycles. The van der Waals surface area contributed by atoms with Crippen molar-refractivity contribution >= 4 is 11.7 Å². The lowest BCUT2D eigenvalue weighted by Gasteiger charge is -2.46. The third-order valence-electron chi connectivity index (χ3n) is 5.49. The number of nitrogens with zero attached hydrogens (tertiary/aromatic N) is 2. The molecule has 0 aliphatic carbocycles. The summed E-state index contributed by atoms with van der Waals surface area (Å²) in [7, 11) is 2.07. The van der Waals surface area contributed by atoms with Crippen molar-refractivity contribution in [1.29, 1.82) is 0 Å². The number of ether oxygens (including phenoxy) is 2. The van der Waals surface area contributed by atoms with E-state index < -0.39 is 30.6 Å². The highest BCUT2D eigenvalue weighted by Crippen LogP contribution is 2.32. The van der Waals surface area contributed by atoms with Gasteiger partial charge in [-0.15, -0.1) is 0 Å². The smallest absolute Gasteiger partial charge is 0.319 e. The number of carbonyl (C=O) groups is 1. The number of piperazine rings is 1. The summed E-state index contributed by atoms with van der Waals surface area (Å²) in [6.07, 6.45) is -1.68. The standard InChI is InChI=1S/C18H25FN4O4/c1-22-6-8-23(9-7-22)15-16(24)14(13-10-26-17(15)27-13)21-18(25)20-12-4-2-11(19)3-5-12/h2-5,13-17,24H,6-10H2,1H3,(H2,20,21,25)/t13-,14+,15-,16-,17+/m0/s1. The second kappa shape index (κ2) is 7.69. The van der Waals surface area contributed by atoms with Gasteiger partial charge in [0.15, 0.2) is 6.29 Å². The first kappa shape index (κ1) is 18.6. The summed E-state index contributed by atoms with van der Waals surface area (Å²) in [6, 6.07) is 4.11. The Morgan fingerprint density at radius 1 is 1.22 bits per heavy atom. The minimum absolute atomic E-state index is 0.325. The highest BCUT2D eigenvalue weighted by Gasteiger charge is 2.52. The second-order valence-electron chi connectivity index (χ2n) is 7.33. The zero-order valence-corrected chi connectivity index (χ0v) is 15.2. The van der Waals surface area contributed by atoms with Crippen LogP contribution in [-0.2, 0) is 9.47 Å². The molecule has 1 aromatic rings. The molecule has 3 heterocycles. The molecule has 0 radical (unpaired) electrons. The van der Waals surface area contributed by atoms with Crippen molar-refractivity contribution in [2.45, 2.75) is 30.6 Å². The molecule has 0 saturated carbocycles. The van der Waals surface area contributed by atoms with Gasteiger partial charge in [0.1, 0.15) is 11.9 Å². The predicted octanol–water partition coefficient (Wildman–Crippen LogP) is 0.0478. The molecule has 4 rings (SSSR count). The third-order valence-corrected chi connectivity index (χ3v) is 5.49. The van der Waals surface area contributed by atoms with Crippen LogP contribution in [0.25, 0.3) is 0 Å². The molecule has 3 fully saturated rings. The number of amides is 2. The molecule has 0 spiro atoms. The van der Waals surface area contributed by atoms with Crippen LogP contribution in [0.1, 0.15) is 0 Å². The summed E-state index contributed by atoms with van der Waals surface area (Å²) in [5.74, 6) is -0.374. The molecule has 5 atom stereocenters. The number of halogens is 1. The fraction of sp³-hybridized carbons (Fsp3) is 0.611. The van der Waals surface area contributed by atoms with Crippen molar-refractivity contribution in [1.82, 2.24) is 15.1 Å². The number of fused-ring (bicyclic) bond motifs is 2. The van der Waals surface area contributed by atoms with Crippen molar-refractivity contribution in [3.8, 4) is 0 Å². The first-order valence-corrected chi connectivity index (χ1v) is 9.22. The highest BCUT2D eigenvalue weighted by molar-refractivity contribution is 5.89. The van der Waals surface area contributed by atoms with E-state index in [1.54, 1.807) is 0 Å². The quantitative estimate of drug-likeness (QED) is 0.687. The van der Waals surface area contributed by atoms with Gasteiger partial charge in [0.25, 0.3) is 0 Å². The Bertz CT molecular complexity index is 668. The minimum Gasteiger partial charge on any atom is -0.389 e. The van der Waals surface area contributed by atoms with E-state index in [0.29, 0.717) is 12.3 Å². The zero-order chi connectivity index (χ0) is 19.0. The van der Waals surface area contributed by atoms with E-state index in [0.717, 1.165) is 26.2 Å². The zero-order valence-electron chi connectivity index (χ0n) is 15.2. The maximum absolute atomic E-state index is 13.0. The van der Waals surface area contributed by atoms with Gasteiger partial charge < -0.3 is 30.1 Å². The molecule has 0 aromatic heterocycles. The summed E-state index contributed by atoms with van der Waals surface area (Å²) in [6.45, 7) is 3.75. The van der Waals surface area contributed by atoms with E-state index in [2.05, 4.69) is 27.5 Å². The molecule has 3 aliphatic heterocycles. The Kier molecular flexibility index (Phi) is 5.29. The molecule has 8 nitrogen and oxygen atoms in total. The Hall–Kier alpha value is -1.78. The number of likely N-dealkylation sites (N-methyl/N-ethyl adjacent to an activating group) is 1. The average molecular weight is 380 g/mol. The Balaban J connectivity index is 1.42. The van der Waals surface area contributed by atoms with Crippen LogP contribution in [0.5, 0.6) is 0 Å². The molecular weight excluding hydrogens is 355 g/mol. The van der Waals surface area contributed by atoms with Gasteiger partial charge in [-0.2, -0.15) is 0 Å². The molecule has 148 valence electrons. The molecule has 2 amide bonds. The summed E-state index contributed by atoms with van der Waals surface area (Å²) < 4.78 is 24.6. The number of hydrogen-bond acceptors (Lipinski definition) is 6. The first-order valence-electron chi connectivity index (χ1n) is 9.22. The van der Waals surface area contributed by atoms with Gasteiger partial charge in [-0.25, -0.2) is 9.18 Å². The van der Waals surface area contributed by atoms with Crippen LogP contribution in [-0.4, -0.2) is 91.4 Å². The highest BCUT2D eigenvalue weighted by atomic mass is 19.1. The van der Waals surface area contributed by atoms with Gasteiger partial charge in [0.2, 0.25) is 0 Å². The van der Waals surface area contributed by atoms with E-state index in [1.165, 1.54) is 24.3 Å². The number of hydrogen-bond donors (Lipinski definition) is 3. The predicted molar refractivity (Wildman–Crippen MR) is 95.8 cm³/mol. The normalized spacial score (nSPS) is 34.4. The Morgan fingerprint density at radius 3 is 2.63 bits per heavy atom. The van der Waals surface area contributed by atoms with Crippen molar-refractivity contribution in [2.75, 3.05) is 45.2 Å². The van der Waals surface area contributed by atoms with Crippen LogP contribution in [0, 0.1) is 5.82 Å². The maximum Gasteiger partial charge on any atom is 0.319 e. The van der Waals surface area contributed by atoms with Crippen LogP contribution in [0.3, 0.4) is 0 Å². The first-order chi connectivity index (χ1) is 13.0. The monoisotopic (exact) mass is 380 g/mol. The lowest BCUT2D eigenvalue weighted by Crippen LogP contribution is -2.67.